The van der Waals surface area contributed by atoms with E-state index >= 15 is 0 Å². The van der Waals surface area contributed by atoms with Crippen LogP contribution in [0.15, 0.2) is 36.0 Å². The van der Waals surface area contributed by atoms with Crippen LogP contribution in [0.3, 0.4) is 0 Å². The van der Waals surface area contributed by atoms with Crippen molar-refractivity contribution in [1.82, 2.24) is 0 Å². The van der Waals surface area contributed by atoms with Gasteiger partial charge in [-0.15, -0.1) is 0 Å². The molecule has 24 heavy (non-hydrogen) atoms. The summed E-state index contributed by atoms with van der Waals surface area (Å²) >= 11 is 0. The zero-order chi connectivity index (χ0) is 17.1. The molecular formula is C21H26O3. The van der Waals surface area contributed by atoms with Crippen molar-refractivity contribution in [3.05, 3.63) is 36.0 Å². The number of hydrogen-bond acceptors (Lipinski definition) is 3. The van der Waals surface area contributed by atoms with Gasteiger partial charge in [0.1, 0.15) is 6.61 Å². The molecule has 2 saturated carbocycles. The molecule has 0 heterocycles. The average Bonchev–Trinajstić information content (AvgIpc) is 2.92. The second-order valence-corrected chi connectivity index (χ2v) is 8.57. The highest BCUT2D eigenvalue weighted by atomic mass is 16.3. The molecule has 0 aliphatic heterocycles. The molecular weight excluding hydrogens is 300 g/mol. The van der Waals surface area contributed by atoms with E-state index in [1.165, 1.54) is 0 Å². The average molecular weight is 326 g/mol. The smallest absolute Gasteiger partial charge is 0.178 e. The number of fused-ring (bicyclic) bond motifs is 5. The summed E-state index contributed by atoms with van der Waals surface area (Å²) in [5.41, 5.74) is 1.09. The maximum absolute atomic E-state index is 12.2. The Balaban J connectivity index is 1.71. The lowest BCUT2D eigenvalue weighted by atomic mass is 9.49. The van der Waals surface area contributed by atoms with Gasteiger partial charge in [0, 0.05) is 11.3 Å². The largest absolute Gasteiger partial charge is 0.389 e. The lowest BCUT2D eigenvalue weighted by Crippen LogP contribution is -2.49. The summed E-state index contributed by atoms with van der Waals surface area (Å²) in [6.45, 7) is 4.20. The number of carbonyl (C=O) groups excluding carboxylic acids is 2. The van der Waals surface area contributed by atoms with Crippen molar-refractivity contribution >= 4 is 11.6 Å². The predicted octanol–water partition coefficient (Wildman–Crippen LogP) is 3.25. The number of carbonyl (C=O) groups is 2. The highest BCUT2D eigenvalue weighted by Gasteiger charge is 2.58. The molecule has 0 amide bonds. The topological polar surface area (TPSA) is 54.4 Å². The quantitative estimate of drug-likeness (QED) is 0.847. The van der Waals surface area contributed by atoms with Gasteiger partial charge >= 0.3 is 0 Å². The van der Waals surface area contributed by atoms with E-state index in [-0.39, 0.29) is 34.9 Å². The molecule has 4 aliphatic rings. The third kappa shape index (κ3) is 2.00. The Morgan fingerprint density at radius 3 is 2.75 bits per heavy atom. The van der Waals surface area contributed by atoms with Crippen LogP contribution in [0.25, 0.3) is 0 Å². The molecule has 4 rings (SSSR count). The van der Waals surface area contributed by atoms with Crippen molar-refractivity contribution in [1.29, 1.82) is 0 Å². The molecule has 0 saturated heterocycles. The van der Waals surface area contributed by atoms with Gasteiger partial charge in [0.25, 0.3) is 0 Å². The normalized spacial score (nSPS) is 46.1. The fourth-order valence-electron chi connectivity index (χ4n) is 6.29. The lowest BCUT2D eigenvalue weighted by molar-refractivity contribution is -0.131. The summed E-state index contributed by atoms with van der Waals surface area (Å²) in [7, 11) is 0. The van der Waals surface area contributed by atoms with E-state index in [2.05, 4.69) is 32.1 Å². The van der Waals surface area contributed by atoms with E-state index in [0.29, 0.717) is 17.8 Å². The molecule has 3 nitrogen and oxygen atoms in total. The van der Waals surface area contributed by atoms with E-state index in [1.807, 2.05) is 0 Å². The fourth-order valence-corrected chi connectivity index (χ4v) is 6.29. The number of aliphatic hydroxyl groups excluding tert-OH is 1. The van der Waals surface area contributed by atoms with Crippen molar-refractivity contribution in [3.63, 3.8) is 0 Å². The Kier molecular flexibility index (Phi) is 3.51. The van der Waals surface area contributed by atoms with E-state index in [9.17, 15) is 14.7 Å². The van der Waals surface area contributed by atoms with E-state index in [0.717, 1.165) is 31.3 Å². The minimum atomic E-state index is -0.327. The van der Waals surface area contributed by atoms with Gasteiger partial charge in [-0.2, -0.15) is 0 Å². The first-order chi connectivity index (χ1) is 11.4. The summed E-state index contributed by atoms with van der Waals surface area (Å²) < 4.78 is 0. The third-order valence-corrected chi connectivity index (χ3v) is 7.66. The van der Waals surface area contributed by atoms with Crippen LogP contribution < -0.4 is 0 Å². The molecule has 0 unspecified atom stereocenters. The van der Waals surface area contributed by atoms with Crippen molar-refractivity contribution < 1.29 is 14.7 Å². The van der Waals surface area contributed by atoms with Crippen LogP contribution in [-0.4, -0.2) is 23.3 Å². The molecule has 0 aromatic heterocycles. The van der Waals surface area contributed by atoms with E-state index < -0.39 is 0 Å². The molecule has 0 radical (unpaired) electrons. The highest BCUT2D eigenvalue weighted by Crippen LogP contribution is 2.64. The predicted molar refractivity (Wildman–Crippen MR) is 92.1 cm³/mol. The van der Waals surface area contributed by atoms with Gasteiger partial charge in [0.2, 0.25) is 0 Å². The number of ketones is 2. The summed E-state index contributed by atoms with van der Waals surface area (Å²) in [5, 5.41) is 9.34. The molecule has 128 valence electrons. The summed E-state index contributed by atoms with van der Waals surface area (Å²) in [6.07, 6.45) is 14.2. The van der Waals surface area contributed by atoms with E-state index in [4.69, 9.17) is 0 Å². The van der Waals surface area contributed by atoms with Crippen LogP contribution in [0.2, 0.25) is 0 Å². The van der Waals surface area contributed by atoms with Crippen molar-refractivity contribution in [2.24, 2.45) is 34.5 Å². The van der Waals surface area contributed by atoms with Gasteiger partial charge in [-0.25, -0.2) is 0 Å². The molecule has 0 spiro atoms. The Morgan fingerprint density at radius 1 is 1.21 bits per heavy atom. The molecule has 1 N–H and O–H groups in total. The monoisotopic (exact) mass is 326 g/mol. The zero-order valence-electron chi connectivity index (χ0n) is 14.5. The summed E-state index contributed by atoms with van der Waals surface area (Å²) in [5.74, 6) is 1.57. The number of allylic oxidation sites excluding steroid dienone is 6. The standard InChI is InChI=1S/C21H26O3/c1-20-9-7-14(23)11-13(20)3-4-15-16-5-6-18(19(24)12-22)21(16,2)10-8-17(15)20/h3-4,7,9,11,15-18,22H,5-6,8,10,12H2,1-2H3/t15-,16-,17-,18+,20-,21-/m0/s1. The third-order valence-electron chi connectivity index (χ3n) is 7.66. The lowest BCUT2D eigenvalue weighted by Gasteiger charge is -2.54. The van der Waals surface area contributed by atoms with Crippen LogP contribution in [-0.2, 0) is 9.59 Å². The number of rotatable bonds is 2. The molecule has 4 aliphatic carbocycles. The van der Waals surface area contributed by atoms with Gasteiger partial charge < -0.3 is 5.11 Å². The second kappa shape index (κ2) is 5.26. The van der Waals surface area contributed by atoms with Crippen molar-refractivity contribution in [2.75, 3.05) is 6.61 Å². The van der Waals surface area contributed by atoms with Gasteiger partial charge in [-0.1, -0.05) is 32.1 Å². The SMILES string of the molecule is C[C@]12CC[C@H]3[C@@H](C=CC4=CC(=O)C=C[C@@]43C)[C@@H]1CC[C@@H]2C(=O)CO. The molecule has 3 heteroatoms. The van der Waals surface area contributed by atoms with Crippen molar-refractivity contribution in [3.8, 4) is 0 Å². The molecule has 0 aromatic rings. The van der Waals surface area contributed by atoms with Gasteiger partial charge in [-0.05, 0) is 66.6 Å². The Labute approximate surface area is 143 Å². The Hall–Kier alpha value is -1.48. The van der Waals surface area contributed by atoms with Gasteiger partial charge in [0.15, 0.2) is 11.6 Å². The fraction of sp³-hybridized carbons (Fsp3) is 0.619. The molecule has 6 atom stereocenters. The Bertz CT molecular complexity index is 685. The first-order valence-electron chi connectivity index (χ1n) is 9.17. The molecule has 0 bridgehead atoms. The maximum atomic E-state index is 12.2. The Morgan fingerprint density at radius 2 is 2.00 bits per heavy atom. The number of hydrogen-bond donors (Lipinski definition) is 1. The summed E-state index contributed by atoms with van der Waals surface area (Å²) in [4.78, 5) is 24.0. The minimum absolute atomic E-state index is 0.00932. The van der Waals surface area contributed by atoms with Gasteiger partial charge in [-0.3, -0.25) is 9.59 Å². The van der Waals surface area contributed by atoms with Gasteiger partial charge in [0.05, 0.1) is 0 Å². The minimum Gasteiger partial charge on any atom is -0.389 e. The zero-order valence-corrected chi connectivity index (χ0v) is 14.5. The molecule has 0 aromatic carbocycles. The van der Waals surface area contributed by atoms with Crippen LogP contribution in [0.4, 0.5) is 0 Å². The van der Waals surface area contributed by atoms with E-state index in [1.54, 1.807) is 12.2 Å². The first-order valence-corrected chi connectivity index (χ1v) is 9.17. The first kappa shape index (κ1) is 16.0. The van der Waals surface area contributed by atoms with Crippen LogP contribution >= 0.6 is 0 Å². The number of aliphatic hydroxyl groups is 1. The summed E-state index contributed by atoms with van der Waals surface area (Å²) in [6, 6.07) is 0. The highest BCUT2D eigenvalue weighted by molar-refractivity contribution is 6.01. The maximum Gasteiger partial charge on any atom is 0.178 e. The van der Waals surface area contributed by atoms with Crippen LogP contribution in [0.5, 0.6) is 0 Å². The van der Waals surface area contributed by atoms with Crippen LogP contribution in [0, 0.1) is 34.5 Å². The second-order valence-electron chi connectivity index (χ2n) is 8.57. The number of Topliss-reactive ketones (excluding diaryl/α,β-unsaturated/α-hetero) is 1. The van der Waals surface area contributed by atoms with Crippen molar-refractivity contribution in [2.45, 2.75) is 39.5 Å². The molecule has 2 fully saturated rings. The van der Waals surface area contributed by atoms with Crippen LogP contribution in [0.1, 0.15) is 39.5 Å².